The second-order valence-electron chi connectivity index (χ2n) is 7.38. The second kappa shape index (κ2) is 10.8. The van der Waals surface area contributed by atoms with Gasteiger partial charge in [0.15, 0.2) is 11.8 Å². The Morgan fingerprint density at radius 1 is 1.24 bits per heavy atom. The number of benzene rings is 2. The molecule has 0 bridgehead atoms. The number of hydrazone groups is 1. The van der Waals surface area contributed by atoms with E-state index in [1.165, 1.54) is 0 Å². The molecule has 2 amide bonds. The average molecular weight is 580 g/mol. The topological polar surface area (TPSA) is 97.6 Å². The van der Waals surface area contributed by atoms with E-state index in [4.69, 9.17) is 16.3 Å². The summed E-state index contributed by atoms with van der Waals surface area (Å²) < 4.78 is 8.08. The third kappa shape index (κ3) is 6.55. The standard InChI is InChI=1S/C23H23ClIN5O3/c1-13-10-17(24)8-9-20(13)33-15(3)22(31)26-18-7-5-6-16(11-18)14(2)27-28-23(32)21-19(25)12-30(4)29-21/h5-12,15H,1-4H3,(H,26,31)(H,28,32)/b27-14-. The highest BCUT2D eigenvalue weighted by Crippen LogP contribution is 2.23. The molecule has 172 valence electrons. The number of carbonyl (C=O) groups excluding carboxylic acids is 2. The number of halogens is 2. The Labute approximate surface area is 210 Å². The van der Waals surface area contributed by atoms with E-state index in [1.54, 1.807) is 68.2 Å². The summed E-state index contributed by atoms with van der Waals surface area (Å²) >= 11 is 8.02. The summed E-state index contributed by atoms with van der Waals surface area (Å²) in [4.78, 5) is 24.9. The zero-order chi connectivity index (χ0) is 24.1. The van der Waals surface area contributed by atoms with Gasteiger partial charge in [-0.05, 0) is 84.8 Å². The molecule has 2 aromatic carbocycles. The monoisotopic (exact) mass is 579 g/mol. The minimum absolute atomic E-state index is 0.297. The van der Waals surface area contributed by atoms with Crippen molar-refractivity contribution in [2.24, 2.45) is 12.1 Å². The molecule has 33 heavy (non-hydrogen) atoms. The van der Waals surface area contributed by atoms with Crippen molar-refractivity contribution in [3.8, 4) is 5.75 Å². The SMILES string of the molecule is C/C(=N/NC(=O)c1nn(C)cc1I)c1cccc(NC(=O)C(C)Oc2ccc(Cl)cc2C)c1. The molecular formula is C23H23ClIN5O3. The Morgan fingerprint density at radius 3 is 2.67 bits per heavy atom. The number of hydrogen-bond donors (Lipinski definition) is 2. The smallest absolute Gasteiger partial charge is 0.292 e. The number of anilines is 1. The highest BCUT2D eigenvalue weighted by Gasteiger charge is 2.17. The number of hydrogen-bond acceptors (Lipinski definition) is 5. The largest absolute Gasteiger partial charge is 0.481 e. The molecule has 3 aromatic rings. The summed E-state index contributed by atoms with van der Waals surface area (Å²) in [5.41, 5.74) is 5.57. The number of aromatic nitrogens is 2. The van der Waals surface area contributed by atoms with E-state index in [9.17, 15) is 9.59 Å². The molecule has 1 aromatic heterocycles. The normalized spacial score (nSPS) is 12.2. The maximum Gasteiger partial charge on any atom is 0.292 e. The lowest BCUT2D eigenvalue weighted by Crippen LogP contribution is -2.30. The van der Waals surface area contributed by atoms with Gasteiger partial charge in [-0.2, -0.15) is 10.2 Å². The van der Waals surface area contributed by atoms with Crippen molar-refractivity contribution in [1.29, 1.82) is 0 Å². The number of nitrogens with one attached hydrogen (secondary N) is 2. The molecule has 0 radical (unpaired) electrons. The molecule has 2 N–H and O–H groups in total. The lowest BCUT2D eigenvalue weighted by atomic mass is 10.1. The summed E-state index contributed by atoms with van der Waals surface area (Å²) in [6.45, 7) is 5.30. The van der Waals surface area contributed by atoms with Crippen molar-refractivity contribution in [1.82, 2.24) is 15.2 Å². The zero-order valence-electron chi connectivity index (χ0n) is 18.5. The predicted molar refractivity (Wildman–Crippen MR) is 137 cm³/mol. The first-order valence-corrected chi connectivity index (χ1v) is 11.5. The molecule has 8 nitrogen and oxygen atoms in total. The molecule has 3 rings (SSSR count). The Bertz CT molecular complexity index is 1220. The fraction of sp³-hybridized carbons (Fsp3) is 0.217. The number of carbonyl (C=O) groups is 2. The van der Waals surface area contributed by atoms with Crippen LogP contribution in [0.2, 0.25) is 5.02 Å². The van der Waals surface area contributed by atoms with Crippen LogP contribution < -0.4 is 15.5 Å². The highest BCUT2D eigenvalue weighted by molar-refractivity contribution is 14.1. The third-order valence-corrected chi connectivity index (χ3v) is 5.71. The molecular weight excluding hydrogens is 557 g/mol. The molecule has 1 atom stereocenters. The first kappa shape index (κ1) is 24.7. The van der Waals surface area contributed by atoms with Crippen molar-refractivity contribution in [3.63, 3.8) is 0 Å². The van der Waals surface area contributed by atoms with Gasteiger partial charge in [0.2, 0.25) is 0 Å². The fourth-order valence-electron chi connectivity index (χ4n) is 2.92. The van der Waals surface area contributed by atoms with Gasteiger partial charge >= 0.3 is 0 Å². The van der Waals surface area contributed by atoms with Gasteiger partial charge in [0.1, 0.15) is 5.75 Å². The molecule has 0 aliphatic heterocycles. The van der Waals surface area contributed by atoms with Gasteiger partial charge in [-0.25, -0.2) is 5.43 Å². The lowest BCUT2D eigenvalue weighted by molar-refractivity contribution is -0.122. The van der Waals surface area contributed by atoms with Crippen molar-refractivity contribution in [2.45, 2.75) is 26.9 Å². The molecule has 10 heteroatoms. The summed E-state index contributed by atoms with van der Waals surface area (Å²) in [6, 6.07) is 12.4. The van der Waals surface area contributed by atoms with Crippen LogP contribution in [0.25, 0.3) is 0 Å². The number of rotatable bonds is 7. The number of amides is 2. The molecule has 1 heterocycles. The van der Waals surface area contributed by atoms with Gasteiger partial charge in [0.25, 0.3) is 11.8 Å². The maximum atomic E-state index is 12.6. The van der Waals surface area contributed by atoms with Crippen LogP contribution in [-0.2, 0) is 11.8 Å². The highest BCUT2D eigenvalue weighted by atomic mass is 127. The van der Waals surface area contributed by atoms with E-state index in [2.05, 4.69) is 20.9 Å². The van der Waals surface area contributed by atoms with E-state index < -0.39 is 12.0 Å². The molecule has 0 aliphatic carbocycles. The van der Waals surface area contributed by atoms with Crippen LogP contribution in [0.5, 0.6) is 5.75 Å². The van der Waals surface area contributed by atoms with Gasteiger partial charge in [0, 0.05) is 24.0 Å². The van der Waals surface area contributed by atoms with E-state index in [0.717, 1.165) is 14.7 Å². The molecule has 0 spiro atoms. The van der Waals surface area contributed by atoms with Gasteiger partial charge in [-0.1, -0.05) is 23.7 Å². The summed E-state index contributed by atoms with van der Waals surface area (Å²) in [6.07, 6.45) is 1.03. The summed E-state index contributed by atoms with van der Waals surface area (Å²) in [7, 11) is 1.75. The Morgan fingerprint density at radius 2 is 2.00 bits per heavy atom. The van der Waals surface area contributed by atoms with Crippen LogP contribution in [-0.4, -0.2) is 33.4 Å². The van der Waals surface area contributed by atoms with E-state index in [-0.39, 0.29) is 5.91 Å². The minimum Gasteiger partial charge on any atom is -0.481 e. The average Bonchev–Trinajstić information content (AvgIpc) is 3.11. The van der Waals surface area contributed by atoms with Crippen LogP contribution in [0.15, 0.2) is 53.8 Å². The van der Waals surface area contributed by atoms with Crippen LogP contribution >= 0.6 is 34.2 Å². The van der Waals surface area contributed by atoms with Gasteiger partial charge < -0.3 is 10.1 Å². The van der Waals surface area contributed by atoms with E-state index >= 15 is 0 Å². The minimum atomic E-state index is -0.719. The van der Waals surface area contributed by atoms with Gasteiger partial charge in [-0.3, -0.25) is 14.3 Å². The van der Waals surface area contributed by atoms with Crippen LogP contribution in [0, 0.1) is 10.5 Å². The van der Waals surface area contributed by atoms with E-state index in [0.29, 0.717) is 27.9 Å². The Hall–Kier alpha value is -2.92. The summed E-state index contributed by atoms with van der Waals surface area (Å²) in [5, 5.41) is 11.7. The molecule has 0 fully saturated rings. The number of nitrogens with zero attached hydrogens (tertiary/aromatic N) is 3. The van der Waals surface area contributed by atoms with Crippen LogP contribution in [0.3, 0.4) is 0 Å². The molecule has 0 saturated carbocycles. The van der Waals surface area contributed by atoms with Crippen molar-refractivity contribution in [2.75, 3.05) is 5.32 Å². The van der Waals surface area contributed by atoms with Crippen molar-refractivity contribution in [3.05, 3.63) is 74.1 Å². The lowest BCUT2D eigenvalue weighted by Gasteiger charge is -2.16. The molecule has 0 saturated heterocycles. The Balaban J connectivity index is 1.64. The number of ether oxygens (including phenoxy) is 1. The first-order chi connectivity index (χ1) is 15.6. The maximum absolute atomic E-state index is 12.6. The molecule has 1 unspecified atom stereocenters. The summed E-state index contributed by atoms with van der Waals surface area (Å²) in [5.74, 6) is -0.0986. The van der Waals surface area contributed by atoms with E-state index in [1.807, 2.05) is 35.6 Å². The fourth-order valence-corrected chi connectivity index (χ4v) is 3.90. The van der Waals surface area contributed by atoms with Crippen molar-refractivity contribution >= 4 is 57.4 Å². The van der Waals surface area contributed by atoms with Gasteiger partial charge in [-0.15, -0.1) is 0 Å². The quantitative estimate of drug-likeness (QED) is 0.244. The second-order valence-corrected chi connectivity index (χ2v) is 8.98. The third-order valence-electron chi connectivity index (χ3n) is 4.68. The predicted octanol–water partition coefficient (Wildman–Crippen LogP) is 4.55. The zero-order valence-corrected chi connectivity index (χ0v) is 21.4. The Kier molecular flexibility index (Phi) is 8.09. The van der Waals surface area contributed by atoms with Crippen LogP contribution in [0.1, 0.15) is 35.5 Å². The first-order valence-electron chi connectivity index (χ1n) is 10.0. The van der Waals surface area contributed by atoms with Crippen LogP contribution in [0.4, 0.5) is 5.69 Å². The molecule has 0 aliphatic rings. The van der Waals surface area contributed by atoms with Gasteiger partial charge in [0.05, 0.1) is 9.28 Å². The number of aryl methyl sites for hydroxylation is 2. The van der Waals surface area contributed by atoms with Crippen molar-refractivity contribution < 1.29 is 14.3 Å².